The molecule has 0 aliphatic carbocycles. The number of amides is 3. The number of nitrogens with one attached hydrogen (secondary N) is 3. The molecule has 0 bridgehead atoms. The smallest absolute Gasteiger partial charge is 0.273 e. The zero-order valence-corrected chi connectivity index (χ0v) is 19.6. The molecular weight excluding hydrogens is 438 g/mol. The number of pyridine rings is 1. The molecule has 182 valence electrons. The molecule has 3 amide bonds. The van der Waals surface area contributed by atoms with E-state index in [1.54, 1.807) is 12.3 Å². The first-order valence-corrected chi connectivity index (χ1v) is 11.8. The Hall–Kier alpha value is -3.27. The second-order valence-electron chi connectivity index (χ2n) is 9.12. The SMILES string of the molecule is CCC[C@H](C)CC[C@H](NC(=O)c1cocn1)C(=O)Nc1cc2c(cn1)C1(CCOCC1)C(=O)N2. The first-order chi connectivity index (χ1) is 16.4. The Balaban J connectivity index is 1.47. The standard InChI is InChI=1S/C24H31N5O5/c1-3-4-15(2)5-6-17(27-22(31)19-13-34-14-26-19)21(30)29-20-11-18-16(12-25-20)24(23(32)28-18)7-9-33-10-8-24/h11-15,17H,3-10H2,1-2H3,(H,27,31)(H,28,32)(H,25,29,30)/t15-,17-/m0/s1. The Labute approximate surface area is 198 Å². The van der Waals surface area contributed by atoms with Crippen molar-refractivity contribution < 1.29 is 23.5 Å². The van der Waals surface area contributed by atoms with E-state index < -0.39 is 17.4 Å². The first-order valence-electron chi connectivity index (χ1n) is 11.8. The average Bonchev–Trinajstić information content (AvgIpc) is 3.45. The van der Waals surface area contributed by atoms with Gasteiger partial charge in [0.1, 0.15) is 18.1 Å². The number of carbonyl (C=O) groups excluding carboxylic acids is 3. The summed E-state index contributed by atoms with van der Waals surface area (Å²) in [7, 11) is 0. The Morgan fingerprint density at radius 1 is 1.21 bits per heavy atom. The molecule has 4 rings (SSSR count). The fourth-order valence-corrected chi connectivity index (χ4v) is 4.72. The van der Waals surface area contributed by atoms with Gasteiger partial charge in [0.2, 0.25) is 11.8 Å². The second kappa shape index (κ2) is 10.3. The summed E-state index contributed by atoms with van der Waals surface area (Å²) in [4.78, 5) is 46.7. The number of rotatable bonds is 9. The molecule has 2 aliphatic heterocycles. The van der Waals surface area contributed by atoms with Gasteiger partial charge in [-0.1, -0.05) is 26.7 Å². The molecule has 0 saturated carbocycles. The lowest BCUT2D eigenvalue weighted by atomic mass is 9.76. The Kier molecular flexibility index (Phi) is 7.26. The summed E-state index contributed by atoms with van der Waals surface area (Å²) in [6.45, 7) is 5.30. The molecule has 1 spiro atoms. The molecule has 34 heavy (non-hydrogen) atoms. The van der Waals surface area contributed by atoms with Gasteiger partial charge < -0.3 is 25.1 Å². The van der Waals surface area contributed by atoms with Gasteiger partial charge in [0.15, 0.2) is 12.1 Å². The highest BCUT2D eigenvalue weighted by atomic mass is 16.5. The molecule has 3 N–H and O–H groups in total. The number of hydrogen-bond acceptors (Lipinski definition) is 7. The van der Waals surface area contributed by atoms with Crippen LogP contribution >= 0.6 is 0 Å². The minimum Gasteiger partial charge on any atom is -0.451 e. The van der Waals surface area contributed by atoms with Crippen molar-refractivity contribution in [2.45, 2.75) is 63.8 Å². The summed E-state index contributed by atoms with van der Waals surface area (Å²) in [6.07, 6.45) is 8.62. The van der Waals surface area contributed by atoms with Crippen molar-refractivity contribution in [1.29, 1.82) is 0 Å². The lowest BCUT2D eigenvalue weighted by Crippen LogP contribution is -2.44. The molecule has 1 saturated heterocycles. The van der Waals surface area contributed by atoms with E-state index in [1.807, 2.05) is 0 Å². The van der Waals surface area contributed by atoms with Gasteiger partial charge in [0.05, 0.1) is 11.1 Å². The lowest BCUT2D eigenvalue weighted by molar-refractivity contribution is -0.124. The molecule has 4 heterocycles. The number of carbonyl (C=O) groups is 3. The monoisotopic (exact) mass is 469 g/mol. The Morgan fingerprint density at radius 2 is 2.00 bits per heavy atom. The third-order valence-corrected chi connectivity index (χ3v) is 6.72. The van der Waals surface area contributed by atoms with Crippen LogP contribution < -0.4 is 16.0 Å². The zero-order chi connectivity index (χ0) is 24.1. The minimum absolute atomic E-state index is 0.0567. The van der Waals surface area contributed by atoms with Crippen molar-refractivity contribution in [2.75, 3.05) is 23.8 Å². The van der Waals surface area contributed by atoms with Gasteiger partial charge in [-0.3, -0.25) is 14.4 Å². The van der Waals surface area contributed by atoms with Crippen molar-refractivity contribution in [3.63, 3.8) is 0 Å². The fraction of sp³-hybridized carbons (Fsp3) is 0.542. The molecule has 2 atom stereocenters. The minimum atomic E-state index is -0.769. The summed E-state index contributed by atoms with van der Waals surface area (Å²) in [5, 5.41) is 8.49. The maximum atomic E-state index is 13.1. The molecule has 2 aromatic heterocycles. The van der Waals surface area contributed by atoms with E-state index in [9.17, 15) is 14.4 Å². The van der Waals surface area contributed by atoms with E-state index in [0.29, 0.717) is 49.9 Å². The quantitative estimate of drug-likeness (QED) is 0.514. The van der Waals surface area contributed by atoms with Gasteiger partial charge in [-0.05, 0) is 31.6 Å². The van der Waals surface area contributed by atoms with Crippen molar-refractivity contribution in [3.05, 3.63) is 36.2 Å². The summed E-state index contributed by atoms with van der Waals surface area (Å²) in [5.41, 5.74) is 0.978. The molecule has 1 fully saturated rings. The molecule has 10 nitrogen and oxygen atoms in total. The zero-order valence-electron chi connectivity index (χ0n) is 19.6. The van der Waals surface area contributed by atoms with Crippen LogP contribution in [-0.4, -0.2) is 46.9 Å². The van der Waals surface area contributed by atoms with Crippen LogP contribution in [0.15, 0.2) is 29.3 Å². The Morgan fingerprint density at radius 3 is 2.71 bits per heavy atom. The molecule has 2 aliphatic rings. The molecule has 2 aromatic rings. The third kappa shape index (κ3) is 4.96. The van der Waals surface area contributed by atoms with Crippen LogP contribution in [0, 0.1) is 5.92 Å². The first kappa shape index (κ1) is 23.9. The van der Waals surface area contributed by atoms with E-state index in [4.69, 9.17) is 9.15 Å². The van der Waals surface area contributed by atoms with Gasteiger partial charge in [0.25, 0.3) is 5.91 Å². The molecule has 0 aromatic carbocycles. The van der Waals surface area contributed by atoms with Crippen LogP contribution in [0.5, 0.6) is 0 Å². The van der Waals surface area contributed by atoms with Crippen LogP contribution in [0.1, 0.15) is 68.4 Å². The maximum Gasteiger partial charge on any atom is 0.273 e. The van der Waals surface area contributed by atoms with Crippen molar-refractivity contribution >= 4 is 29.2 Å². The van der Waals surface area contributed by atoms with Crippen molar-refractivity contribution in [3.8, 4) is 0 Å². The summed E-state index contributed by atoms with van der Waals surface area (Å²) in [6, 6.07) is 0.904. The predicted octanol–water partition coefficient (Wildman–Crippen LogP) is 3.02. The van der Waals surface area contributed by atoms with Gasteiger partial charge in [-0.25, -0.2) is 9.97 Å². The summed E-state index contributed by atoms with van der Waals surface area (Å²) < 4.78 is 10.3. The van der Waals surface area contributed by atoms with Gasteiger partial charge in [-0.15, -0.1) is 0 Å². The van der Waals surface area contributed by atoms with Crippen LogP contribution in [-0.2, 0) is 19.7 Å². The normalized spacial score (nSPS) is 18.1. The van der Waals surface area contributed by atoms with Crippen molar-refractivity contribution in [2.24, 2.45) is 5.92 Å². The molecular formula is C24H31N5O5. The van der Waals surface area contributed by atoms with Crippen LogP contribution in [0.2, 0.25) is 0 Å². The van der Waals surface area contributed by atoms with E-state index in [-0.39, 0.29) is 17.5 Å². The predicted molar refractivity (Wildman–Crippen MR) is 124 cm³/mol. The highest BCUT2D eigenvalue weighted by Gasteiger charge is 2.48. The molecule has 0 unspecified atom stereocenters. The number of hydrogen-bond donors (Lipinski definition) is 3. The number of fused-ring (bicyclic) bond motifs is 2. The molecule has 10 heteroatoms. The van der Waals surface area contributed by atoms with E-state index in [1.165, 1.54) is 12.7 Å². The maximum absolute atomic E-state index is 13.1. The second-order valence-corrected chi connectivity index (χ2v) is 9.12. The van der Waals surface area contributed by atoms with Crippen LogP contribution in [0.25, 0.3) is 0 Å². The highest BCUT2D eigenvalue weighted by molar-refractivity contribution is 6.07. The topological polar surface area (TPSA) is 135 Å². The summed E-state index contributed by atoms with van der Waals surface area (Å²) in [5.74, 6) is -0.173. The van der Waals surface area contributed by atoms with Crippen LogP contribution in [0.3, 0.4) is 0 Å². The van der Waals surface area contributed by atoms with E-state index in [0.717, 1.165) is 24.8 Å². The van der Waals surface area contributed by atoms with Crippen molar-refractivity contribution in [1.82, 2.24) is 15.3 Å². The molecule has 0 radical (unpaired) electrons. The highest BCUT2D eigenvalue weighted by Crippen LogP contribution is 2.44. The largest absolute Gasteiger partial charge is 0.451 e. The van der Waals surface area contributed by atoms with Gasteiger partial charge in [-0.2, -0.15) is 0 Å². The van der Waals surface area contributed by atoms with Gasteiger partial charge in [0, 0.05) is 31.0 Å². The Bertz CT molecular complexity index is 1030. The van der Waals surface area contributed by atoms with E-state index >= 15 is 0 Å². The average molecular weight is 470 g/mol. The number of nitrogens with zero attached hydrogens (tertiary/aromatic N) is 2. The van der Waals surface area contributed by atoms with Gasteiger partial charge >= 0.3 is 0 Å². The lowest BCUT2D eigenvalue weighted by Gasteiger charge is -2.31. The number of ether oxygens (including phenoxy) is 1. The fourth-order valence-electron chi connectivity index (χ4n) is 4.72. The number of aromatic nitrogens is 2. The number of oxazole rings is 1. The number of anilines is 2. The van der Waals surface area contributed by atoms with Crippen LogP contribution in [0.4, 0.5) is 11.5 Å². The third-order valence-electron chi connectivity index (χ3n) is 6.72. The van der Waals surface area contributed by atoms with E-state index in [2.05, 4.69) is 39.8 Å². The summed E-state index contributed by atoms with van der Waals surface area (Å²) >= 11 is 0.